The van der Waals surface area contributed by atoms with Crippen LogP contribution < -0.4 is 10.6 Å². The molecule has 7 heteroatoms. The molecular formula is C20H21FN4O2. The Morgan fingerprint density at radius 3 is 2.52 bits per heavy atom. The average Bonchev–Trinajstić information content (AvgIpc) is 3.07. The average molecular weight is 368 g/mol. The van der Waals surface area contributed by atoms with Gasteiger partial charge < -0.3 is 10.3 Å². The van der Waals surface area contributed by atoms with E-state index in [4.69, 9.17) is 0 Å². The number of hydrogen-bond donors (Lipinski definition) is 3. The monoisotopic (exact) mass is 368 g/mol. The van der Waals surface area contributed by atoms with Gasteiger partial charge in [0.2, 0.25) is 11.9 Å². The summed E-state index contributed by atoms with van der Waals surface area (Å²) in [6, 6.07) is 11.9. The van der Waals surface area contributed by atoms with Crippen LogP contribution in [-0.4, -0.2) is 27.8 Å². The van der Waals surface area contributed by atoms with E-state index in [1.165, 1.54) is 24.3 Å². The number of fused-ring (bicyclic) bond motifs is 1. The molecule has 1 aromatic heterocycles. The van der Waals surface area contributed by atoms with E-state index in [9.17, 15) is 14.0 Å². The van der Waals surface area contributed by atoms with E-state index in [1.54, 1.807) is 0 Å². The predicted molar refractivity (Wildman–Crippen MR) is 102 cm³/mol. The van der Waals surface area contributed by atoms with Crippen molar-refractivity contribution in [2.45, 2.75) is 26.3 Å². The predicted octanol–water partition coefficient (Wildman–Crippen LogP) is 3.49. The van der Waals surface area contributed by atoms with Crippen LogP contribution in [-0.2, 0) is 4.79 Å². The van der Waals surface area contributed by atoms with Crippen molar-refractivity contribution in [3.63, 3.8) is 0 Å². The number of para-hydroxylation sites is 2. The molecule has 0 fully saturated rings. The first-order valence-corrected chi connectivity index (χ1v) is 8.80. The molecule has 0 radical (unpaired) electrons. The number of halogens is 1. The molecule has 3 N–H and O–H groups in total. The van der Waals surface area contributed by atoms with Gasteiger partial charge in [-0.1, -0.05) is 32.4 Å². The van der Waals surface area contributed by atoms with Crippen molar-refractivity contribution in [1.29, 1.82) is 0 Å². The summed E-state index contributed by atoms with van der Waals surface area (Å²) in [6.07, 6.45) is 0.696. The number of benzene rings is 2. The SMILES string of the molecule is CC[C@H](C)[C@H](NC(=O)c1ccc(F)cc1)C(=O)Nc1nc2ccccc2[nH]1. The number of hydrogen-bond acceptors (Lipinski definition) is 3. The molecule has 2 amide bonds. The Bertz CT molecular complexity index is 919. The van der Waals surface area contributed by atoms with Crippen LogP contribution in [0.2, 0.25) is 0 Å². The molecule has 0 saturated heterocycles. The number of carbonyl (C=O) groups excluding carboxylic acids is 2. The zero-order valence-electron chi connectivity index (χ0n) is 15.1. The van der Waals surface area contributed by atoms with Crippen LogP contribution >= 0.6 is 0 Å². The first kappa shape index (κ1) is 18.6. The Balaban J connectivity index is 1.75. The summed E-state index contributed by atoms with van der Waals surface area (Å²) in [4.78, 5) is 32.6. The van der Waals surface area contributed by atoms with E-state index < -0.39 is 17.8 Å². The highest BCUT2D eigenvalue weighted by Gasteiger charge is 2.27. The second-order valence-corrected chi connectivity index (χ2v) is 6.44. The third-order valence-electron chi connectivity index (χ3n) is 4.52. The molecule has 140 valence electrons. The van der Waals surface area contributed by atoms with E-state index in [2.05, 4.69) is 20.6 Å². The summed E-state index contributed by atoms with van der Waals surface area (Å²) in [5.74, 6) is -0.990. The quantitative estimate of drug-likeness (QED) is 0.622. The fraction of sp³-hybridized carbons (Fsp3) is 0.250. The van der Waals surface area contributed by atoms with E-state index in [0.29, 0.717) is 17.9 Å². The van der Waals surface area contributed by atoms with Crippen molar-refractivity contribution in [3.8, 4) is 0 Å². The molecule has 27 heavy (non-hydrogen) atoms. The van der Waals surface area contributed by atoms with Gasteiger partial charge in [0.1, 0.15) is 11.9 Å². The van der Waals surface area contributed by atoms with Crippen LogP contribution in [0, 0.1) is 11.7 Å². The molecule has 0 aliphatic carbocycles. The topological polar surface area (TPSA) is 86.9 Å². The number of H-pyrrole nitrogens is 1. The molecule has 3 rings (SSSR count). The molecule has 0 unspecified atom stereocenters. The van der Waals surface area contributed by atoms with Crippen molar-refractivity contribution in [2.24, 2.45) is 5.92 Å². The lowest BCUT2D eigenvalue weighted by Gasteiger charge is -2.23. The number of carbonyl (C=O) groups is 2. The minimum atomic E-state index is -0.749. The second-order valence-electron chi connectivity index (χ2n) is 6.44. The fourth-order valence-electron chi connectivity index (χ4n) is 2.73. The van der Waals surface area contributed by atoms with Gasteiger partial charge in [0.05, 0.1) is 11.0 Å². The molecule has 2 aromatic carbocycles. The Morgan fingerprint density at radius 2 is 1.85 bits per heavy atom. The number of rotatable bonds is 6. The summed E-state index contributed by atoms with van der Waals surface area (Å²) in [6.45, 7) is 3.82. The van der Waals surface area contributed by atoms with E-state index >= 15 is 0 Å². The van der Waals surface area contributed by atoms with Crippen molar-refractivity contribution < 1.29 is 14.0 Å². The number of aromatic nitrogens is 2. The van der Waals surface area contributed by atoms with Gasteiger partial charge in [-0.2, -0.15) is 0 Å². The van der Waals surface area contributed by atoms with Crippen molar-refractivity contribution >= 4 is 28.8 Å². The highest BCUT2D eigenvalue weighted by atomic mass is 19.1. The highest BCUT2D eigenvalue weighted by Crippen LogP contribution is 2.16. The normalized spacial score (nSPS) is 13.1. The van der Waals surface area contributed by atoms with Gasteiger partial charge in [-0.15, -0.1) is 0 Å². The van der Waals surface area contributed by atoms with Gasteiger partial charge >= 0.3 is 0 Å². The molecular weight excluding hydrogens is 347 g/mol. The maximum atomic E-state index is 13.0. The summed E-state index contributed by atoms with van der Waals surface area (Å²) < 4.78 is 13.0. The first-order chi connectivity index (χ1) is 13.0. The van der Waals surface area contributed by atoms with Crippen molar-refractivity contribution in [2.75, 3.05) is 5.32 Å². The van der Waals surface area contributed by atoms with E-state index in [1.807, 2.05) is 38.1 Å². The maximum absolute atomic E-state index is 13.0. The smallest absolute Gasteiger partial charge is 0.251 e. The van der Waals surface area contributed by atoms with Crippen LogP contribution in [0.4, 0.5) is 10.3 Å². The molecule has 0 aliphatic rings. The molecule has 6 nitrogen and oxygen atoms in total. The van der Waals surface area contributed by atoms with Gasteiger partial charge in [-0.3, -0.25) is 14.9 Å². The molecule has 1 heterocycles. The zero-order chi connectivity index (χ0) is 19.4. The number of nitrogens with zero attached hydrogens (tertiary/aromatic N) is 1. The number of amides is 2. The summed E-state index contributed by atoms with van der Waals surface area (Å²) in [7, 11) is 0. The summed E-state index contributed by atoms with van der Waals surface area (Å²) in [5.41, 5.74) is 1.84. The third-order valence-corrected chi connectivity index (χ3v) is 4.52. The number of aromatic amines is 1. The number of nitrogens with one attached hydrogen (secondary N) is 3. The second kappa shape index (κ2) is 7.99. The molecule has 0 aliphatic heterocycles. The van der Waals surface area contributed by atoms with Gasteiger partial charge in [0.25, 0.3) is 5.91 Å². The van der Waals surface area contributed by atoms with Crippen LogP contribution in [0.5, 0.6) is 0 Å². The molecule has 0 bridgehead atoms. The lowest BCUT2D eigenvalue weighted by atomic mass is 9.98. The van der Waals surface area contributed by atoms with Crippen molar-refractivity contribution in [1.82, 2.24) is 15.3 Å². The van der Waals surface area contributed by atoms with Crippen LogP contribution in [0.3, 0.4) is 0 Å². The highest BCUT2D eigenvalue weighted by molar-refractivity contribution is 6.01. The van der Waals surface area contributed by atoms with Gasteiger partial charge in [0, 0.05) is 5.56 Å². The van der Waals surface area contributed by atoms with Crippen LogP contribution in [0.15, 0.2) is 48.5 Å². The molecule has 0 saturated carbocycles. The maximum Gasteiger partial charge on any atom is 0.251 e. The summed E-state index contributed by atoms with van der Waals surface area (Å²) >= 11 is 0. The van der Waals surface area contributed by atoms with Gasteiger partial charge in [-0.25, -0.2) is 9.37 Å². The minimum Gasteiger partial charge on any atom is -0.340 e. The molecule has 2 atom stereocenters. The lowest BCUT2D eigenvalue weighted by molar-refractivity contribution is -0.119. The Kier molecular flexibility index (Phi) is 5.49. The summed E-state index contributed by atoms with van der Waals surface area (Å²) in [5, 5.41) is 5.47. The Morgan fingerprint density at radius 1 is 1.15 bits per heavy atom. The Hall–Kier alpha value is -3.22. The largest absolute Gasteiger partial charge is 0.340 e. The van der Waals surface area contributed by atoms with Crippen LogP contribution in [0.1, 0.15) is 30.6 Å². The Labute approximate surface area is 156 Å². The molecule has 0 spiro atoms. The molecule has 3 aromatic rings. The first-order valence-electron chi connectivity index (χ1n) is 8.80. The van der Waals surface area contributed by atoms with Crippen molar-refractivity contribution in [3.05, 3.63) is 59.9 Å². The van der Waals surface area contributed by atoms with Gasteiger partial charge in [0.15, 0.2) is 0 Å². The fourth-order valence-corrected chi connectivity index (χ4v) is 2.73. The number of anilines is 1. The third kappa shape index (κ3) is 4.31. The lowest BCUT2D eigenvalue weighted by Crippen LogP contribution is -2.47. The standard InChI is InChI=1S/C20H21FN4O2/c1-3-12(2)17(24-18(26)13-8-10-14(21)11-9-13)19(27)25-20-22-15-6-4-5-7-16(15)23-20/h4-12,17H,3H2,1-2H3,(H,24,26)(H2,22,23,25,27)/t12-,17-/m0/s1. The number of imidazole rings is 1. The minimum absolute atomic E-state index is 0.0984. The van der Waals surface area contributed by atoms with E-state index in [0.717, 1.165) is 11.0 Å². The zero-order valence-corrected chi connectivity index (χ0v) is 15.1. The van der Waals surface area contributed by atoms with Gasteiger partial charge in [-0.05, 0) is 42.3 Å². The van der Waals surface area contributed by atoms with Crippen LogP contribution in [0.25, 0.3) is 11.0 Å². The van der Waals surface area contributed by atoms with E-state index in [-0.39, 0.29) is 11.8 Å².